The van der Waals surface area contributed by atoms with Crippen LogP contribution in [-0.2, 0) is 16.0 Å². The molecule has 1 saturated heterocycles. The van der Waals surface area contributed by atoms with Crippen molar-refractivity contribution < 1.29 is 9.53 Å². The van der Waals surface area contributed by atoms with E-state index in [1.165, 1.54) is 0 Å². The summed E-state index contributed by atoms with van der Waals surface area (Å²) in [7, 11) is 1.73. The van der Waals surface area contributed by atoms with Gasteiger partial charge in [0, 0.05) is 26.8 Å². The number of nitrogens with zero attached hydrogens (tertiary/aromatic N) is 1. The predicted octanol–water partition coefficient (Wildman–Crippen LogP) is 1.44. The van der Waals surface area contributed by atoms with Gasteiger partial charge in [0.15, 0.2) is 0 Å². The summed E-state index contributed by atoms with van der Waals surface area (Å²) in [4.78, 5) is 14.2. The summed E-state index contributed by atoms with van der Waals surface area (Å²) < 4.78 is 5.18. The quantitative estimate of drug-likeness (QED) is 0.885. The smallest absolute Gasteiger partial charge is 0.239 e. The molecule has 0 unspecified atom stereocenters. The van der Waals surface area contributed by atoms with Crippen LogP contribution in [0.15, 0.2) is 30.3 Å². The van der Waals surface area contributed by atoms with Gasteiger partial charge in [0.2, 0.25) is 5.91 Å². The third-order valence-electron chi connectivity index (χ3n) is 3.94. The van der Waals surface area contributed by atoms with Gasteiger partial charge in [-0.1, -0.05) is 30.3 Å². The van der Waals surface area contributed by atoms with Gasteiger partial charge in [-0.3, -0.25) is 4.79 Å². The Kier molecular flexibility index (Phi) is 5.56. The number of hydrogen-bond acceptors (Lipinski definition) is 3. The van der Waals surface area contributed by atoms with Crippen LogP contribution in [0.2, 0.25) is 0 Å². The lowest BCUT2D eigenvalue weighted by Crippen LogP contribution is -2.48. The Labute approximate surface area is 120 Å². The third kappa shape index (κ3) is 4.05. The van der Waals surface area contributed by atoms with Crippen molar-refractivity contribution >= 4 is 5.91 Å². The van der Waals surface area contributed by atoms with E-state index in [2.05, 4.69) is 0 Å². The summed E-state index contributed by atoms with van der Waals surface area (Å²) >= 11 is 0. The lowest BCUT2D eigenvalue weighted by molar-refractivity contribution is -0.134. The molecule has 1 heterocycles. The molecule has 1 aromatic rings. The van der Waals surface area contributed by atoms with Crippen LogP contribution in [0.25, 0.3) is 0 Å². The van der Waals surface area contributed by atoms with Crippen molar-refractivity contribution in [3.63, 3.8) is 0 Å². The van der Waals surface area contributed by atoms with Crippen molar-refractivity contribution in [2.75, 3.05) is 26.8 Å². The Morgan fingerprint density at radius 2 is 2.00 bits per heavy atom. The van der Waals surface area contributed by atoms with Crippen molar-refractivity contribution in [1.82, 2.24) is 4.90 Å². The van der Waals surface area contributed by atoms with Crippen molar-refractivity contribution in [3.8, 4) is 0 Å². The molecule has 0 saturated carbocycles. The molecule has 1 fully saturated rings. The maximum atomic E-state index is 12.3. The first kappa shape index (κ1) is 15.0. The van der Waals surface area contributed by atoms with Gasteiger partial charge >= 0.3 is 0 Å². The van der Waals surface area contributed by atoms with E-state index in [0.29, 0.717) is 12.3 Å². The zero-order chi connectivity index (χ0) is 14.4. The molecule has 0 aromatic heterocycles. The standard InChI is InChI=1S/C16H24N2O2/c1-20-12-14-7-9-18(10-8-14)16(19)15(17)11-13-5-3-2-4-6-13/h2-6,14-15H,7-12,17H2,1H3/t15-/m1/s1. The average molecular weight is 276 g/mol. The summed E-state index contributed by atoms with van der Waals surface area (Å²) in [6, 6.07) is 9.51. The molecule has 1 aromatic carbocycles. The van der Waals surface area contributed by atoms with Gasteiger partial charge in [-0.25, -0.2) is 0 Å². The molecule has 1 aliphatic heterocycles. The highest BCUT2D eigenvalue weighted by Crippen LogP contribution is 2.18. The number of likely N-dealkylation sites (tertiary alicyclic amines) is 1. The third-order valence-corrected chi connectivity index (χ3v) is 3.94. The van der Waals surface area contributed by atoms with E-state index in [4.69, 9.17) is 10.5 Å². The topological polar surface area (TPSA) is 55.6 Å². The lowest BCUT2D eigenvalue weighted by Gasteiger charge is -2.33. The molecule has 1 amide bonds. The van der Waals surface area contributed by atoms with Gasteiger partial charge in [0.1, 0.15) is 0 Å². The molecule has 0 spiro atoms. The largest absolute Gasteiger partial charge is 0.384 e. The molecule has 110 valence electrons. The fraction of sp³-hybridized carbons (Fsp3) is 0.562. The van der Waals surface area contributed by atoms with Crippen molar-refractivity contribution in [3.05, 3.63) is 35.9 Å². The summed E-state index contributed by atoms with van der Waals surface area (Å²) in [5, 5.41) is 0. The number of piperidine rings is 1. The van der Waals surface area contributed by atoms with Gasteiger partial charge in [0.05, 0.1) is 6.04 Å². The number of benzene rings is 1. The molecule has 1 atom stereocenters. The minimum absolute atomic E-state index is 0.0738. The number of amides is 1. The number of rotatable bonds is 5. The van der Waals surface area contributed by atoms with E-state index in [0.717, 1.165) is 38.1 Å². The van der Waals surface area contributed by atoms with Crippen LogP contribution < -0.4 is 5.73 Å². The molecule has 4 heteroatoms. The van der Waals surface area contributed by atoms with Crippen LogP contribution in [0.5, 0.6) is 0 Å². The Hall–Kier alpha value is -1.39. The second-order valence-electron chi connectivity index (χ2n) is 5.52. The molecule has 0 aliphatic carbocycles. The molecule has 4 nitrogen and oxygen atoms in total. The first-order valence-corrected chi connectivity index (χ1v) is 7.28. The number of carbonyl (C=O) groups excluding carboxylic acids is 1. The molecule has 1 aliphatic rings. The van der Waals surface area contributed by atoms with Crippen molar-refractivity contribution in [2.24, 2.45) is 11.7 Å². The highest BCUT2D eigenvalue weighted by atomic mass is 16.5. The number of nitrogens with two attached hydrogens (primary N) is 1. The van der Waals surface area contributed by atoms with Gasteiger partial charge in [-0.15, -0.1) is 0 Å². The number of carbonyl (C=O) groups is 1. The van der Waals surface area contributed by atoms with Crippen molar-refractivity contribution in [2.45, 2.75) is 25.3 Å². The zero-order valence-corrected chi connectivity index (χ0v) is 12.1. The summed E-state index contributed by atoms with van der Waals surface area (Å²) in [5.41, 5.74) is 7.17. The molecule has 0 bridgehead atoms. The highest BCUT2D eigenvalue weighted by Gasteiger charge is 2.26. The molecule has 0 radical (unpaired) electrons. The maximum Gasteiger partial charge on any atom is 0.239 e. The highest BCUT2D eigenvalue weighted by molar-refractivity contribution is 5.82. The second kappa shape index (κ2) is 7.41. The fourth-order valence-electron chi connectivity index (χ4n) is 2.75. The minimum Gasteiger partial charge on any atom is -0.384 e. The Bertz CT molecular complexity index is 414. The summed E-state index contributed by atoms with van der Waals surface area (Å²) in [6.45, 7) is 2.39. The van der Waals surface area contributed by atoms with Crippen LogP contribution in [0.4, 0.5) is 0 Å². The molecule has 2 rings (SSSR count). The number of ether oxygens (including phenoxy) is 1. The average Bonchev–Trinajstić information content (AvgIpc) is 2.48. The molecule has 2 N–H and O–H groups in total. The van der Waals surface area contributed by atoms with E-state index < -0.39 is 6.04 Å². The molecule has 20 heavy (non-hydrogen) atoms. The Morgan fingerprint density at radius 3 is 2.60 bits per heavy atom. The molecular formula is C16H24N2O2. The van der Waals surface area contributed by atoms with E-state index in [9.17, 15) is 4.79 Å². The first-order valence-electron chi connectivity index (χ1n) is 7.28. The van der Waals surface area contributed by atoms with E-state index in [1.807, 2.05) is 35.2 Å². The predicted molar refractivity (Wildman–Crippen MR) is 79.3 cm³/mol. The van der Waals surface area contributed by atoms with Crippen LogP contribution in [-0.4, -0.2) is 43.7 Å². The van der Waals surface area contributed by atoms with Gasteiger partial charge in [0.25, 0.3) is 0 Å². The van der Waals surface area contributed by atoms with Crippen LogP contribution in [0.1, 0.15) is 18.4 Å². The summed E-state index contributed by atoms with van der Waals surface area (Å²) in [5.74, 6) is 0.652. The van der Waals surface area contributed by atoms with Crippen LogP contribution >= 0.6 is 0 Å². The Morgan fingerprint density at radius 1 is 1.35 bits per heavy atom. The Balaban J connectivity index is 1.82. The number of hydrogen-bond donors (Lipinski definition) is 1. The monoisotopic (exact) mass is 276 g/mol. The molecular weight excluding hydrogens is 252 g/mol. The summed E-state index contributed by atoms with van der Waals surface area (Å²) in [6.07, 6.45) is 2.63. The lowest BCUT2D eigenvalue weighted by atomic mass is 9.96. The normalized spacial score (nSPS) is 18.0. The minimum atomic E-state index is -0.434. The fourth-order valence-corrected chi connectivity index (χ4v) is 2.75. The van der Waals surface area contributed by atoms with Crippen LogP contribution in [0, 0.1) is 5.92 Å². The second-order valence-corrected chi connectivity index (χ2v) is 5.52. The first-order chi connectivity index (χ1) is 9.70. The van der Waals surface area contributed by atoms with Gasteiger partial charge in [-0.05, 0) is 30.7 Å². The zero-order valence-electron chi connectivity index (χ0n) is 12.1. The van der Waals surface area contributed by atoms with Gasteiger partial charge < -0.3 is 15.4 Å². The SMILES string of the molecule is COCC1CCN(C(=O)[C@H](N)Cc2ccccc2)CC1. The van der Waals surface area contributed by atoms with E-state index in [-0.39, 0.29) is 5.91 Å². The maximum absolute atomic E-state index is 12.3. The van der Waals surface area contributed by atoms with E-state index >= 15 is 0 Å². The van der Waals surface area contributed by atoms with Gasteiger partial charge in [-0.2, -0.15) is 0 Å². The van der Waals surface area contributed by atoms with Crippen LogP contribution in [0.3, 0.4) is 0 Å². The number of methoxy groups -OCH3 is 1. The van der Waals surface area contributed by atoms with Crippen molar-refractivity contribution in [1.29, 1.82) is 0 Å². The van der Waals surface area contributed by atoms with E-state index in [1.54, 1.807) is 7.11 Å².